The lowest BCUT2D eigenvalue weighted by Crippen LogP contribution is -2.19. The summed E-state index contributed by atoms with van der Waals surface area (Å²) in [5, 5.41) is 3.72. The average molecular weight is 229 g/mol. The van der Waals surface area contributed by atoms with E-state index in [9.17, 15) is 0 Å². The minimum atomic E-state index is 0.625. The first-order chi connectivity index (χ1) is 8.31. The highest BCUT2D eigenvalue weighted by molar-refractivity contribution is 5.47. The minimum absolute atomic E-state index is 0.625. The largest absolute Gasteiger partial charge is 0.310 e. The first kappa shape index (κ1) is 11.3. The standard InChI is InChI=1S/C16H23N/c1-3-9-17-15-10-12-8-7-11(2)13-5-4-6-14(15)16(12)13/h4-6,11-12,15,17H,3,7-10H2,1-2H3. The fraction of sp³-hybridized carbons (Fsp3) is 0.625. The SMILES string of the molecule is CCCNC1CC2CCC(C)c3cccc1c32. The van der Waals surface area contributed by atoms with Gasteiger partial charge in [0.1, 0.15) is 0 Å². The van der Waals surface area contributed by atoms with E-state index in [1.54, 1.807) is 16.7 Å². The van der Waals surface area contributed by atoms with E-state index in [1.807, 2.05) is 0 Å². The number of rotatable bonds is 3. The molecule has 0 aliphatic heterocycles. The van der Waals surface area contributed by atoms with E-state index >= 15 is 0 Å². The van der Waals surface area contributed by atoms with E-state index in [1.165, 1.54) is 25.7 Å². The molecule has 3 unspecified atom stereocenters. The third kappa shape index (κ3) is 1.81. The van der Waals surface area contributed by atoms with Crippen molar-refractivity contribution in [3.8, 4) is 0 Å². The molecule has 0 spiro atoms. The van der Waals surface area contributed by atoms with Gasteiger partial charge in [-0.05, 0) is 60.8 Å². The van der Waals surface area contributed by atoms with Gasteiger partial charge in [0.2, 0.25) is 0 Å². The van der Waals surface area contributed by atoms with Crippen LogP contribution in [-0.4, -0.2) is 6.54 Å². The second kappa shape index (κ2) is 4.45. The van der Waals surface area contributed by atoms with Gasteiger partial charge in [-0.2, -0.15) is 0 Å². The summed E-state index contributed by atoms with van der Waals surface area (Å²) >= 11 is 0. The maximum absolute atomic E-state index is 3.72. The molecule has 0 amide bonds. The van der Waals surface area contributed by atoms with E-state index in [2.05, 4.69) is 37.4 Å². The van der Waals surface area contributed by atoms with Crippen LogP contribution in [0.1, 0.15) is 74.1 Å². The zero-order chi connectivity index (χ0) is 11.8. The highest BCUT2D eigenvalue weighted by Crippen LogP contribution is 2.50. The van der Waals surface area contributed by atoms with Crippen molar-refractivity contribution in [2.75, 3.05) is 6.54 Å². The maximum Gasteiger partial charge on any atom is 0.0329 e. The summed E-state index contributed by atoms with van der Waals surface area (Å²) in [6.07, 6.45) is 5.34. The number of hydrogen-bond acceptors (Lipinski definition) is 1. The molecule has 0 bridgehead atoms. The van der Waals surface area contributed by atoms with Gasteiger partial charge >= 0.3 is 0 Å². The van der Waals surface area contributed by atoms with Crippen LogP contribution in [0.2, 0.25) is 0 Å². The molecule has 0 saturated carbocycles. The van der Waals surface area contributed by atoms with E-state index in [0.29, 0.717) is 6.04 Å². The lowest BCUT2D eigenvalue weighted by molar-refractivity contribution is 0.450. The van der Waals surface area contributed by atoms with Crippen LogP contribution >= 0.6 is 0 Å². The molecule has 3 atom stereocenters. The second-order valence-electron chi connectivity index (χ2n) is 5.77. The highest BCUT2D eigenvalue weighted by Gasteiger charge is 2.35. The molecular formula is C16H23N. The molecule has 17 heavy (non-hydrogen) atoms. The van der Waals surface area contributed by atoms with Gasteiger partial charge in [0.25, 0.3) is 0 Å². The molecule has 1 heteroatoms. The summed E-state index contributed by atoms with van der Waals surface area (Å²) in [5.41, 5.74) is 4.95. The zero-order valence-corrected chi connectivity index (χ0v) is 11.0. The predicted octanol–water partition coefficient (Wildman–Crippen LogP) is 4.11. The summed E-state index contributed by atoms with van der Waals surface area (Å²) < 4.78 is 0. The van der Waals surface area contributed by atoms with Gasteiger partial charge in [-0.15, -0.1) is 0 Å². The molecule has 1 aromatic carbocycles. The normalized spacial score (nSPS) is 30.4. The van der Waals surface area contributed by atoms with Crippen molar-refractivity contribution in [3.63, 3.8) is 0 Å². The summed E-state index contributed by atoms with van der Waals surface area (Å²) in [4.78, 5) is 0. The monoisotopic (exact) mass is 229 g/mol. The Labute approximate surface area is 105 Å². The van der Waals surface area contributed by atoms with E-state index in [0.717, 1.165) is 18.4 Å². The van der Waals surface area contributed by atoms with Crippen molar-refractivity contribution in [3.05, 3.63) is 34.9 Å². The molecule has 3 rings (SSSR count). The molecule has 92 valence electrons. The number of nitrogens with one attached hydrogen (secondary N) is 1. The van der Waals surface area contributed by atoms with Crippen molar-refractivity contribution in [2.24, 2.45) is 0 Å². The number of hydrogen-bond donors (Lipinski definition) is 1. The van der Waals surface area contributed by atoms with Crippen LogP contribution in [0.25, 0.3) is 0 Å². The summed E-state index contributed by atoms with van der Waals surface area (Å²) in [6.45, 7) is 5.78. The van der Waals surface area contributed by atoms with Crippen LogP contribution < -0.4 is 5.32 Å². The van der Waals surface area contributed by atoms with Crippen molar-refractivity contribution in [1.29, 1.82) is 0 Å². The van der Waals surface area contributed by atoms with Gasteiger partial charge in [-0.1, -0.05) is 32.0 Å². The summed E-state index contributed by atoms with van der Waals surface area (Å²) in [7, 11) is 0. The Kier molecular flexibility index (Phi) is 2.96. The first-order valence-corrected chi connectivity index (χ1v) is 7.17. The summed E-state index contributed by atoms with van der Waals surface area (Å²) in [6, 6.07) is 7.60. The highest BCUT2D eigenvalue weighted by atomic mass is 14.9. The van der Waals surface area contributed by atoms with Gasteiger partial charge in [-0.3, -0.25) is 0 Å². The molecule has 0 radical (unpaired) electrons. The van der Waals surface area contributed by atoms with Crippen LogP contribution in [-0.2, 0) is 0 Å². The fourth-order valence-corrected chi connectivity index (χ4v) is 3.72. The lowest BCUT2D eigenvalue weighted by atomic mass is 9.78. The minimum Gasteiger partial charge on any atom is -0.310 e. The van der Waals surface area contributed by atoms with Crippen LogP contribution in [0, 0.1) is 0 Å². The Morgan fingerprint density at radius 3 is 2.88 bits per heavy atom. The van der Waals surface area contributed by atoms with Gasteiger partial charge in [0.15, 0.2) is 0 Å². The van der Waals surface area contributed by atoms with Gasteiger partial charge in [-0.25, -0.2) is 0 Å². The maximum atomic E-state index is 3.72. The molecule has 2 aliphatic carbocycles. The van der Waals surface area contributed by atoms with Crippen molar-refractivity contribution in [1.82, 2.24) is 5.32 Å². The molecule has 1 aromatic rings. The average Bonchev–Trinajstić information content (AvgIpc) is 2.71. The van der Waals surface area contributed by atoms with Crippen LogP contribution in [0.3, 0.4) is 0 Å². The van der Waals surface area contributed by atoms with E-state index in [-0.39, 0.29) is 0 Å². The van der Waals surface area contributed by atoms with Gasteiger partial charge in [0, 0.05) is 6.04 Å². The Morgan fingerprint density at radius 2 is 2.06 bits per heavy atom. The van der Waals surface area contributed by atoms with Crippen LogP contribution in [0.4, 0.5) is 0 Å². The van der Waals surface area contributed by atoms with Crippen LogP contribution in [0.5, 0.6) is 0 Å². The molecular weight excluding hydrogens is 206 g/mol. The smallest absolute Gasteiger partial charge is 0.0329 e. The Bertz CT molecular complexity index is 410. The zero-order valence-electron chi connectivity index (χ0n) is 11.0. The topological polar surface area (TPSA) is 12.0 Å². The Hall–Kier alpha value is -0.820. The molecule has 1 N–H and O–H groups in total. The molecule has 0 fully saturated rings. The molecule has 2 aliphatic rings. The molecule has 1 nitrogen and oxygen atoms in total. The van der Waals surface area contributed by atoms with Gasteiger partial charge in [0.05, 0.1) is 0 Å². The third-order valence-corrected chi connectivity index (χ3v) is 4.60. The fourth-order valence-electron chi connectivity index (χ4n) is 3.72. The van der Waals surface area contributed by atoms with E-state index in [4.69, 9.17) is 0 Å². The molecule has 0 heterocycles. The van der Waals surface area contributed by atoms with Gasteiger partial charge < -0.3 is 5.32 Å². The van der Waals surface area contributed by atoms with E-state index < -0.39 is 0 Å². The Morgan fingerprint density at radius 1 is 1.24 bits per heavy atom. The number of benzene rings is 1. The van der Waals surface area contributed by atoms with Crippen LogP contribution in [0.15, 0.2) is 18.2 Å². The quantitative estimate of drug-likeness (QED) is 0.822. The van der Waals surface area contributed by atoms with Crippen molar-refractivity contribution in [2.45, 2.75) is 57.4 Å². The molecule has 0 aromatic heterocycles. The lowest BCUT2D eigenvalue weighted by Gasteiger charge is -2.26. The van der Waals surface area contributed by atoms with Crippen molar-refractivity contribution < 1.29 is 0 Å². The summed E-state index contributed by atoms with van der Waals surface area (Å²) in [5.74, 6) is 1.61. The third-order valence-electron chi connectivity index (χ3n) is 4.60. The molecule has 0 saturated heterocycles. The predicted molar refractivity (Wildman–Crippen MR) is 72.5 cm³/mol. The van der Waals surface area contributed by atoms with Crippen molar-refractivity contribution >= 4 is 0 Å². The Balaban J connectivity index is 1.96. The first-order valence-electron chi connectivity index (χ1n) is 7.17. The second-order valence-corrected chi connectivity index (χ2v) is 5.77.